The minimum Gasteiger partial charge on any atom is -0.497 e. The Labute approximate surface area is 148 Å². The monoisotopic (exact) mass is 343 g/mol. The van der Waals surface area contributed by atoms with Crippen LogP contribution in [0, 0.1) is 23.7 Å². The molecule has 0 saturated heterocycles. The van der Waals surface area contributed by atoms with Gasteiger partial charge in [-0.25, -0.2) is 4.79 Å². The van der Waals surface area contributed by atoms with Gasteiger partial charge in [-0.1, -0.05) is 0 Å². The summed E-state index contributed by atoms with van der Waals surface area (Å²) in [5.41, 5.74) is 2.85. The Bertz CT molecular complexity index is 694. The molecule has 1 aromatic carbocycles. The van der Waals surface area contributed by atoms with Gasteiger partial charge in [0.2, 0.25) is 0 Å². The largest absolute Gasteiger partial charge is 0.497 e. The van der Waals surface area contributed by atoms with Crippen molar-refractivity contribution in [2.45, 2.75) is 32.1 Å². The fraction of sp³-hybridized carbons (Fsp3) is 0.550. The molecule has 0 atom stereocenters. The number of hydrogen-bond donors (Lipinski definition) is 2. The highest BCUT2D eigenvalue weighted by Gasteiger charge is 2.46. The third kappa shape index (κ3) is 2.96. The van der Waals surface area contributed by atoms with Crippen molar-refractivity contribution in [3.05, 3.63) is 29.3 Å². The lowest BCUT2D eigenvalue weighted by Crippen LogP contribution is -2.40. The number of carbonyl (C=O) groups is 1. The van der Waals surface area contributed by atoms with Crippen LogP contribution in [0.3, 0.4) is 0 Å². The van der Waals surface area contributed by atoms with Crippen LogP contribution in [0.5, 0.6) is 5.75 Å². The summed E-state index contributed by atoms with van der Waals surface area (Å²) in [4.78, 5) is 11.0. The first-order valence-electron chi connectivity index (χ1n) is 9.04. The second-order valence-electron chi connectivity index (χ2n) is 7.67. The first-order valence-corrected chi connectivity index (χ1v) is 9.04. The van der Waals surface area contributed by atoms with E-state index in [0.29, 0.717) is 23.3 Å². The Morgan fingerprint density at radius 2 is 1.68 bits per heavy atom. The molecule has 0 radical (unpaired) electrons. The molecule has 4 aliphatic carbocycles. The number of rotatable bonds is 4. The first kappa shape index (κ1) is 16.3. The molecule has 4 saturated carbocycles. The van der Waals surface area contributed by atoms with E-state index in [1.807, 2.05) is 12.1 Å². The maximum Gasteiger partial charge on any atom is 0.409 e. The highest BCUT2D eigenvalue weighted by atomic mass is 16.5. The topological polar surface area (TPSA) is 67.8 Å². The van der Waals surface area contributed by atoms with Crippen LogP contribution in [0.2, 0.25) is 0 Å². The number of amides is 1. The highest BCUT2D eigenvalue weighted by molar-refractivity contribution is 5.84. The zero-order valence-electron chi connectivity index (χ0n) is 14.7. The van der Waals surface area contributed by atoms with Gasteiger partial charge in [0.1, 0.15) is 11.5 Å². The van der Waals surface area contributed by atoms with Crippen molar-refractivity contribution < 1.29 is 19.4 Å². The van der Waals surface area contributed by atoms with Crippen molar-refractivity contribution in [2.75, 3.05) is 19.5 Å². The van der Waals surface area contributed by atoms with Crippen LogP contribution in [-0.4, -0.2) is 25.4 Å². The predicted octanol–water partition coefficient (Wildman–Crippen LogP) is 4.60. The van der Waals surface area contributed by atoms with Gasteiger partial charge in [-0.05, 0) is 73.5 Å². The summed E-state index contributed by atoms with van der Waals surface area (Å²) in [6.07, 6.45) is 5.44. The summed E-state index contributed by atoms with van der Waals surface area (Å²) in [6.45, 7) is 0. The van der Waals surface area contributed by atoms with E-state index >= 15 is 0 Å². The van der Waals surface area contributed by atoms with Crippen LogP contribution in [0.25, 0.3) is 5.76 Å². The van der Waals surface area contributed by atoms with Crippen LogP contribution < -0.4 is 10.1 Å². The zero-order valence-corrected chi connectivity index (χ0v) is 14.7. The van der Waals surface area contributed by atoms with Gasteiger partial charge in [-0.2, -0.15) is 0 Å². The van der Waals surface area contributed by atoms with Crippen molar-refractivity contribution in [1.82, 2.24) is 0 Å². The summed E-state index contributed by atoms with van der Waals surface area (Å²) >= 11 is 0. The number of carboxylic acid groups (broad SMARTS) is 1. The van der Waals surface area contributed by atoms with Crippen LogP contribution in [-0.2, 0) is 4.74 Å². The maximum atomic E-state index is 11.0. The van der Waals surface area contributed by atoms with E-state index < -0.39 is 6.09 Å². The molecule has 1 amide bonds. The van der Waals surface area contributed by atoms with Gasteiger partial charge in [0.15, 0.2) is 0 Å². The summed E-state index contributed by atoms with van der Waals surface area (Å²) in [5.74, 6) is 4.56. The van der Waals surface area contributed by atoms with Gasteiger partial charge in [-0.3, -0.25) is 5.32 Å². The molecule has 4 bridgehead atoms. The Morgan fingerprint density at radius 3 is 2.20 bits per heavy atom. The molecule has 4 aliphatic rings. The minimum absolute atomic E-state index is 0.501. The minimum atomic E-state index is -1.08. The number of ether oxygens (including phenoxy) is 2. The lowest BCUT2D eigenvalue weighted by Gasteiger charge is -2.51. The number of benzene rings is 1. The third-order valence-corrected chi connectivity index (χ3v) is 6.14. The van der Waals surface area contributed by atoms with Gasteiger partial charge in [-0.15, -0.1) is 0 Å². The van der Waals surface area contributed by atoms with E-state index in [-0.39, 0.29) is 0 Å². The number of allylic oxidation sites excluding steroid dienone is 1. The zero-order chi connectivity index (χ0) is 17.6. The van der Waals surface area contributed by atoms with Crippen molar-refractivity contribution in [1.29, 1.82) is 0 Å². The molecule has 0 unspecified atom stereocenters. The van der Waals surface area contributed by atoms with E-state index in [9.17, 15) is 4.79 Å². The molecule has 134 valence electrons. The van der Waals surface area contributed by atoms with Crippen molar-refractivity contribution in [3.8, 4) is 5.75 Å². The second kappa shape index (κ2) is 6.28. The standard InChI is InChI=1S/C20H25NO4/c1-24-17-9-15(8-16(10-17)21-20(22)23)19(25-2)18-13-4-11-3-12(6-13)7-14(18)5-11/h8-14,21H,3-7H2,1-2H3,(H,22,23). The lowest BCUT2D eigenvalue weighted by molar-refractivity contribution is 0.0675. The van der Waals surface area contributed by atoms with Crippen molar-refractivity contribution in [2.24, 2.45) is 23.7 Å². The molecule has 4 fully saturated rings. The molecule has 5 rings (SSSR count). The Morgan fingerprint density at radius 1 is 1.04 bits per heavy atom. The molecular formula is C20H25NO4. The summed E-state index contributed by atoms with van der Waals surface area (Å²) < 4.78 is 11.2. The number of nitrogens with one attached hydrogen (secondary N) is 1. The molecule has 0 aliphatic heterocycles. The number of anilines is 1. The van der Waals surface area contributed by atoms with Gasteiger partial charge in [0, 0.05) is 17.3 Å². The van der Waals surface area contributed by atoms with E-state index in [2.05, 4.69) is 5.32 Å². The van der Waals surface area contributed by atoms with Crippen molar-refractivity contribution in [3.63, 3.8) is 0 Å². The van der Waals surface area contributed by atoms with Crippen molar-refractivity contribution >= 4 is 17.5 Å². The van der Waals surface area contributed by atoms with E-state index in [1.165, 1.54) is 37.7 Å². The number of methoxy groups -OCH3 is 2. The average molecular weight is 343 g/mol. The SMILES string of the molecule is COC(=C1C2CC3CC(C2)CC1C3)c1cc(NC(=O)O)cc(OC)c1. The van der Waals surface area contributed by atoms with Crippen LogP contribution in [0.1, 0.15) is 37.7 Å². The van der Waals surface area contributed by atoms with Gasteiger partial charge >= 0.3 is 6.09 Å². The molecule has 1 aromatic rings. The molecule has 25 heavy (non-hydrogen) atoms. The molecule has 0 heterocycles. The van der Waals surface area contributed by atoms with E-state index in [4.69, 9.17) is 14.6 Å². The van der Waals surface area contributed by atoms with Crippen LogP contribution in [0.15, 0.2) is 23.8 Å². The Kier molecular flexibility index (Phi) is 4.10. The molecule has 0 spiro atoms. The predicted molar refractivity (Wildman–Crippen MR) is 95.6 cm³/mol. The quantitative estimate of drug-likeness (QED) is 0.784. The molecule has 5 nitrogen and oxygen atoms in total. The van der Waals surface area contributed by atoms with Gasteiger partial charge < -0.3 is 14.6 Å². The van der Waals surface area contributed by atoms with Crippen LogP contribution >= 0.6 is 0 Å². The smallest absolute Gasteiger partial charge is 0.409 e. The Hall–Kier alpha value is -2.17. The van der Waals surface area contributed by atoms with Gasteiger partial charge in [0.05, 0.1) is 14.2 Å². The first-order chi connectivity index (χ1) is 12.1. The summed E-state index contributed by atoms with van der Waals surface area (Å²) in [6, 6.07) is 5.46. The lowest BCUT2D eigenvalue weighted by atomic mass is 9.54. The summed E-state index contributed by atoms with van der Waals surface area (Å²) in [5, 5.41) is 11.5. The molecular weight excluding hydrogens is 318 g/mol. The summed E-state index contributed by atoms with van der Waals surface area (Å²) in [7, 11) is 3.31. The van der Waals surface area contributed by atoms with Gasteiger partial charge in [0.25, 0.3) is 0 Å². The maximum absolute atomic E-state index is 11.0. The average Bonchev–Trinajstić information content (AvgIpc) is 2.56. The third-order valence-electron chi connectivity index (χ3n) is 6.14. The fourth-order valence-electron chi connectivity index (χ4n) is 5.51. The molecule has 5 heteroatoms. The van der Waals surface area contributed by atoms with E-state index in [1.54, 1.807) is 20.3 Å². The molecule has 2 N–H and O–H groups in total. The molecule has 0 aromatic heterocycles. The fourth-order valence-corrected chi connectivity index (χ4v) is 5.51. The normalized spacial score (nSPS) is 29.4. The second-order valence-corrected chi connectivity index (χ2v) is 7.67. The number of hydrogen-bond acceptors (Lipinski definition) is 3. The van der Waals surface area contributed by atoms with Crippen LogP contribution in [0.4, 0.5) is 10.5 Å². The highest BCUT2D eigenvalue weighted by Crippen LogP contribution is 2.58. The van der Waals surface area contributed by atoms with E-state index in [0.717, 1.165) is 23.2 Å². The Balaban J connectivity index is 1.77.